The van der Waals surface area contributed by atoms with Crippen LogP contribution in [0.1, 0.15) is 28.6 Å². The molecule has 160 valence electrons. The zero-order valence-electron chi connectivity index (χ0n) is 17.3. The van der Waals surface area contributed by atoms with Crippen molar-refractivity contribution in [2.24, 2.45) is 0 Å². The van der Waals surface area contributed by atoms with E-state index < -0.39 is 23.5 Å². The number of carbonyl (C=O) groups excluding carboxylic acids is 2. The molecule has 0 radical (unpaired) electrons. The van der Waals surface area contributed by atoms with Gasteiger partial charge in [0.25, 0.3) is 5.91 Å². The third-order valence-corrected chi connectivity index (χ3v) is 5.73. The van der Waals surface area contributed by atoms with Gasteiger partial charge < -0.3 is 14.4 Å². The lowest BCUT2D eigenvalue weighted by Crippen LogP contribution is -2.36. The van der Waals surface area contributed by atoms with Crippen molar-refractivity contribution in [3.05, 3.63) is 102 Å². The molecule has 5 rings (SSSR count). The number of ketones is 1. The second-order valence-corrected chi connectivity index (χ2v) is 7.75. The van der Waals surface area contributed by atoms with Crippen LogP contribution in [0.5, 0.6) is 0 Å². The maximum Gasteiger partial charge on any atom is 0.290 e. The molecule has 0 saturated heterocycles. The molecular formula is C25H22N3O4+. The Morgan fingerprint density at radius 1 is 1.12 bits per heavy atom. The molecule has 2 aromatic carbocycles. The lowest BCUT2D eigenvalue weighted by Gasteiger charge is -2.26. The van der Waals surface area contributed by atoms with E-state index in [2.05, 4.69) is 4.98 Å². The molecule has 2 aromatic heterocycles. The molecule has 1 aliphatic rings. The van der Waals surface area contributed by atoms with Gasteiger partial charge in [-0.3, -0.25) is 14.6 Å². The maximum absolute atomic E-state index is 13.5. The number of hydrogen-bond acceptors (Lipinski definition) is 4. The monoisotopic (exact) mass is 428 g/mol. The Morgan fingerprint density at radius 3 is 2.66 bits per heavy atom. The molecule has 1 aliphatic heterocycles. The summed E-state index contributed by atoms with van der Waals surface area (Å²) in [4.78, 5) is 31.0. The number of aliphatic hydroxyl groups is 1. The molecule has 1 amide bonds. The number of para-hydroxylation sites is 1. The Bertz CT molecular complexity index is 1270. The van der Waals surface area contributed by atoms with E-state index in [0.717, 1.165) is 10.9 Å². The van der Waals surface area contributed by atoms with E-state index in [1.165, 1.54) is 0 Å². The molecule has 3 heterocycles. The number of hydrogen-bond donors (Lipinski definition) is 2. The molecule has 32 heavy (non-hydrogen) atoms. The summed E-state index contributed by atoms with van der Waals surface area (Å²) in [5, 5.41) is 11.6. The summed E-state index contributed by atoms with van der Waals surface area (Å²) in [5.41, 5.74) is 1.39. The third kappa shape index (κ3) is 3.47. The fourth-order valence-corrected chi connectivity index (χ4v) is 4.21. The molecular weight excluding hydrogens is 406 g/mol. The van der Waals surface area contributed by atoms with Crippen molar-refractivity contribution in [3.63, 3.8) is 0 Å². The molecule has 0 fully saturated rings. The fraction of sp³-hybridized carbons (Fsp3) is 0.160. The first-order valence-electron chi connectivity index (χ1n) is 10.5. The van der Waals surface area contributed by atoms with Crippen LogP contribution in [0.3, 0.4) is 0 Å². The number of H-pyrrole nitrogens is 1. The van der Waals surface area contributed by atoms with Crippen LogP contribution >= 0.6 is 0 Å². The number of aryl methyl sites for hydroxylation is 1. The van der Waals surface area contributed by atoms with Gasteiger partial charge in [0.1, 0.15) is 18.0 Å². The van der Waals surface area contributed by atoms with Crippen LogP contribution in [0.25, 0.3) is 11.0 Å². The van der Waals surface area contributed by atoms with Crippen LogP contribution in [0, 0.1) is 0 Å². The second-order valence-electron chi connectivity index (χ2n) is 7.75. The van der Waals surface area contributed by atoms with Crippen molar-refractivity contribution < 1.29 is 23.7 Å². The third-order valence-electron chi connectivity index (χ3n) is 5.73. The number of aromatic amines is 1. The summed E-state index contributed by atoms with van der Waals surface area (Å²) < 4.78 is 7.72. The number of amides is 1. The molecule has 2 N–H and O–H groups in total. The average molecular weight is 428 g/mol. The molecule has 0 bridgehead atoms. The Morgan fingerprint density at radius 2 is 1.91 bits per heavy atom. The van der Waals surface area contributed by atoms with Crippen molar-refractivity contribution in [2.45, 2.75) is 19.0 Å². The highest BCUT2D eigenvalue weighted by Gasteiger charge is 2.44. The summed E-state index contributed by atoms with van der Waals surface area (Å²) >= 11 is 0. The number of nitrogens with one attached hydrogen (secondary N) is 1. The normalized spacial score (nSPS) is 16.3. The lowest BCUT2D eigenvalue weighted by molar-refractivity contribution is -0.695. The van der Waals surface area contributed by atoms with Gasteiger partial charge in [-0.25, -0.2) is 4.57 Å². The van der Waals surface area contributed by atoms with E-state index in [9.17, 15) is 14.7 Å². The van der Waals surface area contributed by atoms with Crippen molar-refractivity contribution in [2.75, 3.05) is 6.54 Å². The molecule has 1 unspecified atom stereocenters. The van der Waals surface area contributed by atoms with E-state index in [1.807, 2.05) is 71.8 Å². The second kappa shape index (κ2) is 8.19. The predicted molar refractivity (Wildman–Crippen MR) is 117 cm³/mol. The summed E-state index contributed by atoms with van der Waals surface area (Å²) in [5.74, 6) is -1.44. The largest absolute Gasteiger partial charge is 0.503 e. The van der Waals surface area contributed by atoms with E-state index >= 15 is 0 Å². The first-order valence-corrected chi connectivity index (χ1v) is 10.5. The van der Waals surface area contributed by atoms with Gasteiger partial charge in [-0.2, -0.15) is 0 Å². The van der Waals surface area contributed by atoms with Crippen LogP contribution in [0.15, 0.2) is 95.1 Å². The first kappa shape index (κ1) is 19.8. The van der Waals surface area contributed by atoms with Crippen LogP contribution in [-0.2, 0) is 11.3 Å². The standard InChI is InChI=1S/C25H21N3O4/c29-23(20-15-18-9-4-5-10-19(18)32-20)21-22(17-7-2-1-3-8-17)28(25(31)24(21)30)13-6-12-27-14-11-26-16-27/h1-5,7-11,14-16,22H,6,12-13H2,(H,29,30)/p+1. The molecule has 4 aromatic rings. The SMILES string of the molecule is O=C(C1=C(O)C(=O)N(CCC[n+]2cc[nH]c2)C1c1ccccc1)c1cc2ccccc2o1. The summed E-state index contributed by atoms with van der Waals surface area (Å²) in [6.45, 7) is 1.08. The number of Topliss-reactive ketones (excluding diaryl/α,β-unsaturated/α-hetero) is 1. The average Bonchev–Trinajstić information content (AvgIpc) is 3.54. The van der Waals surface area contributed by atoms with Gasteiger partial charge in [0.2, 0.25) is 12.1 Å². The smallest absolute Gasteiger partial charge is 0.290 e. The minimum Gasteiger partial charge on any atom is -0.503 e. The lowest BCUT2D eigenvalue weighted by atomic mass is 9.95. The molecule has 7 heteroatoms. The van der Waals surface area contributed by atoms with Crippen LogP contribution in [0.2, 0.25) is 0 Å². The minimum atomic E-state index is -0.680. The van der Waals surface area contributed by atoms with Crippen LogP contribution in [-0.4, -0.2) is 33.2 Å². The number of rotatable bonds is 7. The molecule has 1 atom stereocenters. The number of carbonyl (C=O) groups is 2. The van der Waals surface area contributed by atoms with Gasteiger partial charge >= 0.3 is 0 Å². The quantitative estimate of drug-likeness (QED) is 0.347. The van der Waals surface area contributed by atoms with Gasteiger partial charge in [-0.15, -0.1) is 0 Å². The highest BCUT2D eigenvalue weighted by molar-refractivity contribution is 6.16. The Labute approximate surface area is 184 Å². The zero-order valence-corrected chi connectivity index (χ0v) is 17.3. The number of imidazole rings is 1. The van der Waals surface area contributed by atoms with E-state index in [-0.39, 0.29) is 11.3 Å². The number of aliphatic hydroxyl groups excluding tert-OH is 1. The van der Waals surface area contributed by atoms with Gasteiger partial charge in [0.15, 0.2) is 11.5 Å². The number of furan rings is 1. The van der Waals surface area contributed by atoms with Gasteiger partial charge in [-0.05, 0) is 17.7 Å². The first-order chi connectivity index (χ1) is 15.6. The highest BCUT2D eigenvalue weighted by Crippen LogP contribution is 2.39. The van der Waals surface area contributed by atoms with Gasteiger partial charge in [0.05, 0.1) is 18.2 Å². The number of aromatic nitrogens is 2. The Balaban J connectivity index is 1.49. The molecule has 0 spiro atoms. The topological polar surface area (TPSA) is 90.4 Å². The van der Waals surface area contributed by atoms with Crippen molar-refractivity contribution in [1.29, 1.82) is 0 Å². The Kier molecular flexibility index (Phi) is 5.07. The zero-order chi connectivity index (χ0) is 22.1. The Hall–Kier alpha value is -4.13. The number of nitrogens with zero attached hydrogens (tertiary/aromatic N) is 2. The minimum absolute atomic E-state index is 0.0505. The van der Waals surface area contributed by atoms with Crippen molar-refractivity contribution in [3.8, 4) is 0 Å². The summed E-state index contributed by atoms with van der Waals surface area (Å²) in [6.07, 6.45) is 6.24. The molecule has 0 saturated carbocycles. The van der Waals surface area contributed by atoms with Gasteiger partial charge in [-0.1, -0.05) is 48.5 Å². The summed E-state index contributed by atoms with van der Waals surface area (Å²) in [7, 11) is 0. The number of fused-ring (bicyclic) bond motifs is 1. The molecule has 0 aliphatic carbocycles. The van der Waals surface area contributed by atoms with E-state index in [1.54, 1.807) is 17.0 Å². The van der Waals surface area contributed by atoms with Crippen molar-refractivity contribution >= 4 is 22.7 Å². The van der Waals surface area contributed by atoms with E-state index in [0.29, 0.717) is 25.1 Å². The van der Waals surface area contributed by atoms with Crippen LogP contribution in [0.4, 0.5) is 0 Å². The van der Waals surface area contributed by atoms with Crippen molar-refractivity contribution in [1.82, 2.24) is 9.88 Å². The summed E-state index contributed by atoms with van der Waals surface area (Å²) in [6, 6.07) is 17.6. The number of benzene rings is 2. The molecule has 7 nitrogen and oxygen atoms in total. The highest BCUT2D eigenvalue weighted by atomic mass is 16.3. The maximum atomic E-state index is 13.5. The van der Waals surface area contributed by atoms with E-state index in [4.69, 9.17) is 4.42 Å². The van der Waals surface area contributed by atoms with Gasteiger partial charge in [0, 0.05) is 18.4 Å². The van der Waals surface area contributed by atoms with Crippen LogP contribution < -0.4 is 4.57 Å². The fourth-order valence-electron chi connectivity index (χ4n) is 4.21. The predicted octanol–water partition coefficient (Wildman–Crippen LogP) is 3.72.